The van der Waals surface area contributed by atoms with Crippen LogP contribution in [-0.4, -0.2) is 38.6 Å². The molecule has 2 aromatic heterocycles. The fraction of sp³-hybridized carbons (Fsp3) is 0.389. The monoisotopic (exact) mass is 385 g/mol. The zero-order valence-corrected chi connectivity index (χ0v) is 16.9. The van der Waals surface area contributed by atoms with Gasteiger partial charge in [-0.25, -0.2) is 4.98 Å². The molecule has 0 spiro atoms. The molecule has 142 valence electrons. The minimum atomic E-state index is -0.160. The van der Waals surface area contributed by atoms with E-state index in [2.05, 4.69) is 15.0 Å². The summed E-state index contributed by atoms with van der Waals surface area (Å²) >= 11 is 1.43. The second-order valence-corrected chi connectivity index (χ2v) is 7.99. The Morgan fingerprint density at radius 3 is 2.44 bits per heavy atom. The summed E-state index contributed by atoms with van der Waals surface area (Å²) in [6, 6.07) is 7.35. The van der Waals surface area contributed by atoms with E-state index in [0.717, 1.165) is 0 Å². The molecule has 0 amide bonds. The lowest BCUT2D eigenvalue weighted by Crippen LogP contribution is -2.25. The highest BCUT2D eigenvalue weighted by atomic mass is 32.2. The molecule has 27 heavy (non-hydrogen) atoms. The number of anilines is 2. The fourth-order valence-corrected chi connectivity index (χ4v) is 3.74. The summed E-state index contributed by atoms with van der Waals surface area (Å²) in [4.78, 5) is 32.3. The maximum atomic E-state index is 12.9. The third kappa shape index (κ3) is 3.87. The molecule has 8 nitrogen and oxygen atoms in total. The molecule has 0 saturated carbocycles. The lowest BCUT2D eigenvalue weighted by molar-refractivity contribution is 0.518. The molecule has 0 radical (unpaired) electrons. The van der Waals surface area contributed by atoms with E-state index in [0.29, 0.717) is 27.8 Å². The van der Waals surface area contributed by atoms with Crippen LogP contribution in [0.4, 0.5) is 11.9 Å². The number of aromatic nitrogens is 5. The number of nitrogens with zero attached hydrogens (tertiary/aromatic N) is 6. The zero-order chi connectivity index (χ0) is 19.7. The van der Waals surface area contributed by atoms with E-state index in [1.807, 2.05) is 53.1 Å². The number of fused-ring (bicyclic) bond motifs is 1. The second-order valence-electron chi connectivity index (χ2n) is 6.69. The molecule has 2 heterocycles. The van der Waals surface area contributed by atoms with Gasteiger partial charge in [-0.1, -0.05) is 23.9 Å². The summed E-state index contributed by atoms with van der Waals surface area (Å²) in [7, 11) is 3.69. The molecule has 0 saturated heterocycles. The van der Waals surface area contributed by atoms with Crippen LogP contribution >= 0.6 is 11.8 Å². The van der Waals surface area contributed by atoms with Crippen LogP contribution in [0.5, 0.6) is 0 Å². The number of nitrogens with two attached hydrogens (primary N) is 1. The van der Waals surface area contributed by atoms with Gasteiger partial charge in [-0.3, -0.25) is 9.36 Å². The van der Waals surface area contributed by atoms with Gasteiger partial charge in [0.05, 0.1) is 16.2 Å². The summed E-state index contributed by atoms with van der Waals surface area (Å²) in [5.74, 6) is 1.22. The van der Waals surface area contributed by atoms with E-state index >= 15 is 0 Å². The SMILES string of the molecule is CC(Sc1nc2ccccc2c(=O)n1C(C)C)c1nc(N)nc(N(C)C)n1. The van der Waals surface area contributed by atoms with Crippen molar-refractivity contribution >= 4 is 34.6 Å². The first-order valence-electron chi connectivity index (χ1n) is 8.64. The first-order chi connectivity index (χ1) is 12.8. The molecule has 0 bridgehead atoms. The van der Waals surface area contributed by atoms with Crippen LogP contribution in [0.15, 0.2) is 34.2 Å². The van der Waals surface area contributed by atoms with Crippen LogP contribution in [0.3, 0.4) is 0 Å². The average molecular weight is 385 g/mol. The Bertz CT molecular complexity index is 1030. The van der Waals surface area contributed by atoms with E-state index in [9.17, 15) is 4.79 Å². The standard InChI is InChI=1S/C18H23N7OS/c1-10(2)25-15(26)12-8-6-7-9-13(12)20-18(25)27-11(3)14-21-16(19)23-17(22-14)24(4)5/h6-11H,1-5H3,(H2,19,21,22,23). The quantitative estimate of drug-likeness (QED) is 0.528. The summed E-state index contributed by atoms with van der Waals surface area (Å²) in [5.41, 5.74) is 6.47. The fourth-order valence-electron chi connectivity index (χ4n) is 2.65. The van der Waals surface area contributed by atoms with Crippen molar-refractivity contribution in [1.82, 2.24) is 24.5 Å². The number of nitrogen functional groups attached to an aromatic ring is 1. The molecule has 1 atom stereocenters. The van der Waals surface area contributed by atoms with Gasteiger partial charge in [0.25, 0.3) is 5.56 Å². The van der Waals surface area contributed by atoms with Crippen LogP contribution in [0.2, 0.25) is 0 Å². The highest BCUT2D eigenvalue weighted by Crippen LogP contribution is 2.33. The van der Waals surface area contributed by atoms with Crippen molar-refractivity contribution in [3.8, 4) is 0 Å². The predicted molar refractivity (Wildman–Crippen MR) is 109 cm³/mol. The number of benzene rings is 1. The van der Waals surface area contributed by atoms with Gasteiger partial charge in [0.1, 0.15) is 5.82 Å². The predicted octanol–water partition coefficient (Wildman–Crippen LogP) is 2.66. The largest absolute Gasteiger partial charge is 0.368 e. The molecular formula is C18H23N7OS. The Hall–Kier alpha value is -2.68. The highest BCUT2D eigenvalue weighted by molar-refractivity contribution is 7.99. The van der Waals surface area contributed by atoms with Gasteiger partial charge < -0.3 is 10.6 Å². The van der Waals surface area contributed by atoms with Gasteiger partial charge in [0, 0.05) is 20.1 Å². The van der Waals surface area contributed by atoms with Crippen molar-refractivity contribution in [1.29, 1.82) is 0 Å². The minimum absolute atomic E-state index is 0.0231. The van der Waals surface area contributed by atoms with Crippen LogP contribution in [0.1, 0.15) is 37.9 Å². The van der Waals surface area contributed by atoms with Gasteiger partial charge in [-0.15, -0.1) is 0 Å². The molecule has 0 aliphatic carbocycles. The summed E-state index contributed by atoms with van der Waals surface area (Å²) in [6.07, 6.45) is 0. The lowest BCUT2D eigenvalue weighted by Gasteiger charge is -2.19. The molecule has 0 aliphatic rings. The van der Waals surface area contributed by atoms with E-state index < -0.39 is 0 Å². The first kappa shape index (κ1) is 19.1. The average Bonchev–Trinajstić information content (AvgIpc) is 2.61. The Morgan fingerprint density at radius 2 is 1.78 bits per heavy atom. The molecule has 0 aliphatic heterocycles. The molecule has 3 aromatic rings. The van der Waals surface area contributed by atoms with E-state index in [-0.39, 0.29) is 22.8 Å². The van der Waals surface area contributed by atoms with E-state index in [1.165, 1.54) is 11.8 Å². The third-order valence-corrected chi connectivity index (χ3v) is 5.06. The molecule has 9 heteroatoms. The van der Waals surface area contributed by atoms with Gasteiger partial charge in [-0.05, 0) is 32.9 Å². The Kier molecular flexibility index (Phi) is 5.31. The van der Waals surface area contributed by atoms with Gasteiger partial charge in [0.15, 0.2) is 5.16 Å². The summed E-state index contributed by atoms with van der Waals surface area (Å²) < 4.78 is 1.71. The number of hydrogen-bond donors (Lipinski definition) is 1. The normalized spacial score (nSPS) is 12.5. The molecular weight excluding hydrogens is 362 g/mol. The topological polar surface area (TPSA) is 103 Å². The van der Waals surface area contributed by atoms with Crippen molar-refractivity contribution in [2.24, 2.45) is 0 Å². The lowest BCUT2D eigenvalue weighted by atomic mass is 10.2. The molecule has 0 fully saturated rings. The van der Waals surface area contributed by atoms with Crippen molar-refractivity contribution in [3.63, 3.8) is 0 Å². The van der Waals surface area contributed by atoms with E-state index in [4.69, 9.17) is 10.7 Å². The number of para-hydroxylation sites is 1. The molecule has 3 rings (SSSR count). The summed E-state index contributed by atoms with van der Waals surface area (Å²) in [5, 5.41) is 1.08. The minimum Gasteiger partial charge on any atom is -0.368 e. The van der Waals surface area contributed by atoms with Crippen molar-refractivity contribution in [3.05, 3.63) is 40.4 Å². The number of hydrogen-bond acceptors (Lipinski definition) is 8. The molecule has 1 aromatic carbocycles. The zero-order valence-electron chi connectivity index (χ0n) is 16.0. The van der Waals surface area contributed by atoms with E-state index in [1.54, 1.807) is 15.5 Å². The highest BCUT2D eigenvalue weighted by Gasteiger charge is 2.20. The van der Waals surface area contributed by atoms with Gasteiger partial charge in [0.2, 0.25) is 11.9 Å². The van der Waals surface area contributed by atoms with Gasteiger partial charge >= 0.3 is 0 Å². The smallest absolute Gasteiger partial charge is 0.262 e. The van der Waals surface area contributed by atoms with Crippen molar-refractivity contribution in [2.45, 2.75) is 37.2 Å². The van der Waals surface area contributed by atoms with Crippen LogP contribution in [0, 0.1) is 0 Å². The maximum absolute atomic E-state index is 12.9. The Morgan fingerprint density at radius 1 is 1.07 bits per heavy atom. The second kappa shape index (κ2) is 7.51. The Balaban J connectivity index is 2.06. The van der Waals surface area contributed by atoms with Crippen molar-refractivity contribution in [2.75, 3.05) is 24.7 Å². The van der Waals surface area contributed by atoms with Crippen LogP contribution in [0.25, 0.3) is 10.9 Å². The molecule has 1 unspecified atom stereocenters. The van der Waals surface area contributed by atoms with Crippen LogP contribution in [-0.2, 0) is 0 Å². The van der Waals surface area contributed by atoms with Gasteiger partial charge in [-0.2, -0.15) is 15.0 Å². The number of thioether (sulfide) groups is 1. The van der Waals surface area contributed by atoms with Crippen molar-refractivity contribution < 1.29 is 0 Å². The summed E-state index contributed by atoms with van der Waals surface area (Å²) in [6.45, 7) is 5.90. The Labute approximate surface area is 161 Å². The third-order valence-electron chi connectivity index (χ3n) is 4.00. The number of rotatable bonds is 5. The molecule has 2 N–H and O–H groups in total. The first-order valence-corrected chi connectivity index (χ1v) is 9.52. The maximum Gasteiger partial charge on any atom is 0.262 e. The van der Waals surface area contributed by atoms with Crippen LogP contribution < -0.4 is 16.2 Å².